The molecule has 1 heterocycles. The van der Waals surface area contributed by atoms with E-state index in [1.165, 1.54) is 4.68 Å². The van der Waals surface area contributed by atoms with Crippen LogP contribution in [0.15, 0.2) is 59.4 Å². The average molecular weight is 363 g/mol. The zero-order valence-electron chi connectivity index (χ0n) is 16.1. The van der Waals surface area contributed by atoms with Crippen LogP contribution in [-0.4, -0.2) is 27.1 Å². The van der Waals surface area contributed by atoms with Gasteiger partial charge in [-0.2, -0.15) is 5.10 Å². The van der Waals surface area contributed by atoms with E-state index < -0.39 is 0 Å². The third kappa shape index (κ3) is 3.92. The first kappa shape index (κ1) is 18.8. The largest absolute Gasteiger partial charge is 0.333 e. The summed E-state index contributed by atoms with van der Waals surface area (Å²) in [6.07, 6.45) is 0.848. The molecule has 0 atom stereocenters. The van der Waals surface area contributed by atoms with Crippen LogP contribution in [0.3, 0.4) is 0 Å². The van der Waals surface area contributed by atoms with Gasteiger partial charge in [-0.3, -0.25) is 9.59 Å². The lowest BCUT2D eigenvalue weighted by Crippen LogP contribution is -2.35. The molecule has 0 N–H and O–H groups in total. The van der Waals surface area contributed by atoms with Crippen molar-refractivity contribution in [1.82, 2.24) is 14.7 Å². The van der Waals surface area contributed by atoms with Crippen molar-refractivity contribution >= 4 is 16.7 Å². The summed E-state index contributed by atoms with van der Waals surface area (Å²) in [5.74, 6) is -0.147. The fourth-order valence-electron chi connectivity index (χ4n) is 3.19. The molecule has 5 heteroatoms. The maximum atomic E-state index is 13.4. The molecule has 140 valence electrons. The molecule has 3 rings (SSSR count). The van der Waals surface area contributed by atoms with E-state index in [2.05, 4.69) is 5.10 Å². The van der Waals surface area contributed by atoms with Crippen LogP contribution in [0.5, 0.6) is 0 Å². The molecule has 0 spiro atoms. The zero-order chi connectivity index (χ0) is 19.4. The molecule has 0 radical (unpaired) electrons. The Labute approximate surface area is 159 Å². The van der Waals surface area contributed by atoms with Crippen molar-refractivity contribution < 1.29 is 4.79 Å². The van der Waals surface area contributed by atoms with Gasteiger partial charge in [-0.1, -0.05) is 55.5 Å². The molecule has 0 saturated heterocycles. The van der Waals surface area contributed by atoms with Gasteiger partial charge in [0.25, 0.3) is 11.5 Å². The van der Waals surface area contributed by atoms with Crippen molar-refractivity contribution in [3.8, 4) is 0 Å². The Morgan fingerprint density at radius 1 is 1.04 bits per heavy atom. The Morgan fingerprint density at radius 3 is 2.30 bits per heavy atom. The van der Waals surface area contributed by atoms with Crippen LogP contribution in [-0.2, 0) is 6.54 Å². The summed E-state index contributed by atoms with van der Waals surface area (Å²) in [4.78, 5) is 27.9. The van der Waals surface area contributed by atoms with Gasteiger partial charge in [0.2, 0.25) is 0 Å². The van der Waals surface area contributed by atoms with E-state index in [9.17, 15) is 9.59 Å². The third-order valence-corrected chi connectivity index (χ3v) is 4.52. The second kappa shape index (κ2) is 8.16. The van der Waals surface area contributed by atoms with E-state index in [0.717, 1.165) is 12.0 Å². The molecular formula is C22H25N3O2. The maximum absolute atomic E-state index is 13.4. The fourth-order valence-corrected chi connectivity index (χ4v) is 3.19. The Hall–Kier alpha value is -2.95. The standard InChI is InChI=1S/C22H25N3O2/c1-4-14-24(15-17-10-6-5-7-11-17)22(27)20-18-12-8-9-13-19(18)21(26)25(23-20)16(2)3/h5-13,16H,4,14-15H2,1-3H3. The molecule has 27 heavy (non-hydrogen) atoms. The molecule has 0 aliphatic rings. The Bertz CT molecular complexity index is 993. The third-order valence-electron chi connectivity index (χ3n) is 4.52. The molecular weight excluding hydrogens is 338 g/mol. The Balaban J connectivity index is 2.09. The highest BCUT2D eigenvalue weighted by Crippen LogP contribution is 2.18. The van der Waals surface area contributed by atoms with E-state index in [-0.39, 0.29) is 17.5 Å². The Morgan fingerprint density at radius 2 is 1.67 bits per heavy atom. The lowest BCUT2D eigenvalue weighted by molar-refractivity contribution is 0.0736. The lowest BCUT2D eigenvalue weighted by Gasteiger charge is -2.23. The summed E-state index contributed by atoms with van der Waals surface area (Å²) >= 11 is 0. The number of benzene rings is 2. The molecule has 1 amide bonds. The van der Waals surface area contributed by atoms with Crippen molar-refractivity contribution in [3.63, 3.8) is 0 Å². The van der Waals surface area contributed by atoms with E-state index in [1.807, 2.05) is 63.2 Å². The molecule has 0 saturated carbocycles. The number of aromatic nitrogens is 2. The molecule has 0 unspecified atom stereocenters. The number of nitrogens with zero attached hydrogens (tertiary/aromatic N) is 3. The number of hydrogen-bond donors (Lipinski definition) is 0. The van der Waals surface area contributed by atoms with Gasteiger partial charge in [0, 0.05) is 18.5 Å². The SMILES string of the molecule is CCCN(Cc1ccccc1)C(=O)c1nn(C(C)C)c(=O)c2ccccc12. The average Bonchev–Trinajstić information content (AvgIpc) is 2.68. The first-order valence-electron chi connectivity index (χ1n) is 9.37. The van der Waals surface area contributed by atoms with Gasteiger partial charge in [0.1, 0.15) is 0 Å². The van der Waals surface area contributed by atoms with Crippen molar-refractivity contribution in [1.29, 1.82) is 0 Å². The van der Waals surface area contributed by atoms with Crippen molar-refractivity contribution in [2.24, 2.45) is 0 Å². The van der Waals surface area contributed by atoms with E-state index in [4.69, 9.17) is 0 Å². The maximum Gasteiger partial charge on any atom is 0.275 e. The van der Waals surface area contributed by atoms with Gasteiger partial charge < -0.3 is 4.90 Å². The number of carbonyl (C=O) groups is 1. The summed E-state index contributed by atoms with van der Waals surface area (Å²) < 4.78 is 1.40. The first-order valence-corrected chi connectivity index (χ1v) is 9.37. The molecule has 0 bridgehead atoms. The molecule has 0 fully saturated rings. The van der Waals surface area contributed by atoms with Gasteiger partial charge in [0.15, 0.2) is 5.69 Å². The van der Waals surface area contributed by atoms with E-state index >= 15 is 0 Å². The topological polar surface area (TPSA) is 55.2 Å². The van der Waals surface area contributed by atoms with Gasteiger partial charge in [-0.15, -0.1) is 0 Å². The van der Waals surface area contributed by atoms with E-state index in [1.54, 1.807) is 17.0 Å². The van der Waals surface area contributed by atoms with Gasteiger partial charge in [0.05, 0.1) is 11.4 Å². The number of carbonyl (C=O) groups excluding carboxylic acids is 1. The second-order valence-corrected chi connectivity index (χ2v) is 6.95. The summed E-state index contributed by atoms with van der Waals surface area (Å²) in [5.41, 5.74) is 1.24. The number of rotatable bonds is 6. The highest BCUT2D eigenvalue weighted by molar-refractivity contribution is 6.04. The van der Waals surface area contributed by atoms with Crippen LogP contribution in [0, 0.1) is 0 Å². The molecule has 5 nitrogen and oxygen atoms in total. The summed E-state index contributed by atoms with van der Waals surface area (Å²) in [7, 11) is 0. The predicted octanol–water partition coefficient (Wildman–Crippen LogP) is 4.03. The van der Waals surface area contributed by atoms with Crippen molar-refractivity contribution in [3.05, 3.63) is 76.2 Å². The highest BCUT2D eigenvalue weighted by atomic mass is 16.2. The van der Waals surface area contributed by atoms with Crippen molar-refractivity contribution in [2.75, 3.05) is 6.54 Å². The predicted molar refractivity (Wildman–Crippen MR) is 108 cm³/mol. The minimum absolute atomic E-state index is 0.123. The summed E-state index contributed by atoms with van der Waals surface area (Å²) in [5, 5.41) is 5.60. The monoisotopic (exact) mass is 363 g/mol. The van der Waals surface area contributed by atoms with E-state index in [0.29, 0.717) is 29.6 Å². The normalized spacial score (nSPS) is 11.1. The quantitative estimate of drug-likeness (QED) is 0.664. The van der Waals surface area contributed by atoms with Crippen LogP contribution < -0.4 is 5.56 Å². The summed E-state index contributed by atoms with van der Waals surface area (Å²) in [6.45, 7) is 6.98. The molecule has 1 aromatic heterocycles. The van der Waals surface area contributed by atoms with Gasteiger partial charge >= 0.3 is 0 Å². The van der Waals surface area contributed by atoms with Crippen LogP contribution in [0.4, 0.5) is 0 Å². The zero-order valence-corrected chi connectivity index (χ0v) is 16.1. The minimum atomic E-state index is -0.165. The number of amides is 1. The van der Waals surface area contributed by atoms with Crippen LogP contribution >= 0.6 is 0 Å². The van der Waals surface area contributed by atoms with Gasteiger partial charge in [-0.05, 0) is 31.9 Å². The lowest BCUT2D eigenvalue weighted by atomic mass is 10.1. The second-order valence-electron chi connectivity index (χ2n) is 6.95. The van der Waals surface area contributed by atoms with Crippen LogP contribution in [0.25, 0.3) is 10.8 Å². The molecule has 0 aliphatic heterocycles. The first-order chi connectivity index (χ1) is 13.0. The molecule has 0 aliphatic carbocycles. The fraction of sp³-hybridized carbons (Fsp3) is 0.318. The number of fused-ring (bicyclic) bond motifs is 1. The van der Waals surface area contributed by atoms with Crippen molar-refractivity contribution in [2.45, 2.75) is 39.8 Å². The Kier molecular flexibility index (Phi) is 5.69. The van der Waals surface area contributed by atoms with Crippen LogP contribution in [0.1, 0.15) is 49.3 Å². The molecule has 2 aromatic carbocycles. The van der Waals surface area contributed by atoms with Gasteiger partial charge in [-0.25, -0.2) is 4.68 Å². The minimum Gasteiger partial charge on any atom is -0.333 e. The smallest absolute Gasteiger partial charge is 0.275 e. The highest BCUT2D eigenvalue weighted by Gasteiger charge is 2.22. The summed E-state index contributed by atoms with van der Waals surface area (Å²) in [6, 6.07) is 17.0. The molecule has 3 aromatic rings. The van der Waals surface area contributed by atoms with Crippen LogP contribution in [0.2, 0.25) is 0 Å². The number of hydrogen-bond acceptors (Lipinski definition) is 3.